The lowest BCUT2D eigenvalue weighted by Crippen LogP contribution is -2.19. The highest BCUT2D eigenvalue weighted by Gasteiger charge is 2.32. The average Bonchev–Trinajstić information content (AvgIpc) is 3.00. The third kappa shape index (κ3) is 4.01. The number of alkyl halides is 3. The first-order valence-electron chi connectivity index (χ1n) is 8.82. The number of halogens is 5. The van der Waals surface area contributed by atoms with E-state index in [-0.39, 0.29) is 34.7 Å². The predicted molar refractivity (Wildman–Crippen MR) is 96.9 cm³/mol. The summed E-state index contributed by atoms with van der Waals surface area (Å²) in [5, 5.41) is 0.482. The Morgan fingerprint density at radius 2 is 1.97 bits per heavy atom. The Kier molecular flexibility index (Phi) is 5.10. The molecule has 29 heavy (non-hydrogen) atoms. The summed E-state index contributed by atoms with van der Waals surface area (Å²) < 4.78 is 70.7. The van der Waals surface area contributed by atoms with E-state index in [1.807, 2.05) is 0 Å². The van der Waals surface area contributed by atoms with Gasteiger partial charge in [-0.15, -0.1) is 11.8 Å². The van der Waals surface area contributed by atoms with Crippen LogP contribution in [0.25, 0.3) is 11.0 Å². The molecule has 2 aromatic heterocycles. The smallest absolute Gasteiger partial charge is 0.417 e. The molecule has 0 saturated carbocycles. The Labute approximate surface area is 166 Å². The van der Waals surface area contributed by atoms with Crippen molar-refractivity contribution in [1.29, 1.82) is 0 Å². The standard InChI is InChI=1S/C20H14F5NO2S/c21-12-7-13(22)18-16(8-12)28-15-6-10(5-14(27)19(15)18)3-4-29-17-2-1-11(9-26-17)20(23,24)25/h1-2,7-10H,3-6H2. The van der Waals surface area contributed by atoms with E-state index in [0.717, 1.165) is 24.4 Å². The fourth-order valence-corrected chi connectivity index (χ4v) is 4.45. The lowest BCUT2D eigenvalue weighted by atomic mass is 9.84. The largest absolute Gasteiger partial charge is 0.460 e. The average molecular weight is 427 g/mol. The summed E-state index contributed by atoms with van der Waals surface area (Å²) >= 11 is 1.30. The van der Waals surface area contributed by atoms with E-state index >= 15 is 0 Å². The van der Waals surface area contributed by atoms with Crippen molar-refractivity contribution in [3.63, 3.8) is 0 Å². The van der Waals surface area contributed by atoms with Crippen LogP contribution in [0.1, 0.15) is 34.5 Å². The van der Waals surface area contributed by atoms with Crippen LogP contribution in [0.15, 0.2) is 39.9 Å². The molecule has 3 aromatic rings. The first kappa shape index (κ1) is 19.9. The van der Waals surface area contributed by atoms with Gasteiger partial charge in [0.15, 0.2) is 5.78 Å². The van der Waals surface area contributed by atoms with Gasteiger partial charge in [0.1, 0.15) is 23.0 Å². The van der Waals surface area contributed by atoms with Crippen LogP contribution in [0.3, 0.4) is 0 Å². The number of furan rings is 1. The monoisotopic (exact) mass is 427 g/mol. The number of nitrogens with zero attached hydrogens (tertiary/aromatic N) is 1. The van der Waals surface area contributed by atoms with Crippen molar-refractivity contribution in [2.75, 3.05) is 5.75 Å². The Bertz CT molecular complexity index is 1080. The van der Waals surface area contributed by atoms with E-state index in [4.69, 9.17) is 4.42 Å². The first-order valence-corrected chi connectivity index (χ1v) is 9.80. The van der Waals surface area contributed by atoms with Crippen molar-refractivity contribution < 1.29 is 31.2 Å². The van der Waals surface area contributed by atoms with Gasteiger partial charge in [0.2, 0.25) is 0 Å². The van der Waals surface area contributed by atoms with Gasteiger partial charge in [0.05, 0.1) is 21.5 Å². The molecule has 2 heterocycles. The number of aromatic nitrogens is 1. The van der Waals surface area contributed by atoms with E-state index < -0.39 is 23.4 Å². The van der Waals surface area contributed by atoms with Crippen LogP contribution in [-0.4, -0.2) is 16.5 Å². The molecule has 152 valence electrons. The molecule has 1 aliphatic carbocycles. The molecule has 0 aliphatic heterocycles. The molecule has 3 nitrogen and oxygen atoms in total. The second-order valence-electron chi connectivity index (χ2n) is 6.88. The Morgan fingerprint density at radius 3 is 2.66 bits per heavy atom. The van der Waals surface area contributed by atoms with Gasteiger partial charge >= 0.3 is 6.18 Å². The number of hydrogen-bond donors (Lipinski definition) is 0. The number of Topliss-reactive ketones (excluding diaryl/α,β-unsaturated/α-hetero) is 1. The van der Waals surface area contributed by atoms with Gasteiger partial charge in [-0.2, -0.15) is 13.2 Å². The maximum absolute atomic E-state index is 14.1. The van der Waals surface area contributed by atoms with Crippen LogP contribution >= 0.6 is 11.8 Å². The van der Waals surface area contributed by atoms with Crippen LogP contribution in [0.4, 0.5) is 22.0 Å². The van der Waals surface area contributed by atoms with Gasteiger partial charge in [-0.1, -0.05) is 0 Å². The van der Waals surface area contributed by atoms with E-state index in [0.29, 0.717) is 29.4 Å². The molecule has 0 spiro atoms. The minimum Gasteiger partial charge on any atom is -0.460 e. The molecule has 0 saturated heterocycles. The molecule has 1 aliphatic rings. The third-order valence-electron chi connectivity index (χ3n) is 4.85. The van der Waals surface area contributed by atoms with Gasteiger partial charge in [-0.05, 0) is 30.2 Å². The summed E-state index contributed by atoms with van der Waals surface area (Å²) in [6, 6.07) is 4.08. The quantitative estimate of drug-likeness (QED) is 0.375. The summed E-state index contributed by atoms with van der Waals surface area (Å²) in [6.07, 6.45) is -2.41. The van der Waals surface area contributed by atoms with Gasteiger partial charge in [0.25, 0.3) is 0 Å². The summed E-state index contributed by atoms with van der Waals surface area (Å²) in [4.78, 5) is 16.3. The number of fused-ring (bicyclic) bond motifs is 3. The maximum Gasteiger partial charge on any atom is 0.417 e. The predicted octanol–water partition coefficient (Wildman–Crippen LogP) is 6.05. The highest BCUT2D eigenvalue weighted by Crippen LogP contribution is 2.37. The summed E-state index contributed by atoms with van der Waals surface area (Å²) in [6.45, 7) is 0. The highest BCUT2D eigenvalue weighted by atomic mass is 32.2. The minimum absolute atomic E-state index is 0.0184. The zero-order chi connectivity index (χ0) is 20.8. The molecule has 9 heteroatoms. The molecule has 4 rings (SSSR count). The molecular weight excluding hydrogens is 413 g/mol. The molecule has 0 fully saturated rings. The summed E-state index contributed by atoms with van der Waals surface area (Å²) in [5.41, 5.74) is -0.601. The number of pyridine rings is 1. The van der Waals surface area contributed by atoms with E-state index in [2.05, 4.69) is 4.98 Å². The van der Waals surface area contributed by atoms with Crippen LogP contribution in [0.5, 0.6) is 0 Å². The normalized spacial score (nSPS) is 17.0. The number of benzene rings is 1. The molecule has 1 unspecified atom stereocenters. The third-order valence-corrected chi connectivity index (χ3v) is 5.82. The Morgan fingerprint density at radius 1 is 1.17 bits per heavy atom. The van der Waals surface area contributed by atoms with Crippen LogP contribution in [0, 0.1) is 17.6 Å². The molecule has 0 bridgehead atoms. The van der Waals surface area contributed by atoms with Crippen molar-refractivity contribution >= 4 is 28.5 Å². The molecular formula is C20H14F5NO2S. The first-order chi connectivity index (χ1) is 13.7. The van der Waals surface area contributed by atoms with Crippen LogP contribution < -0.4 is 0 Å². The van der Waals surface area contributed by atoms with E-state index in [1.165, 1.54) is 17.8 Å². The molecule has 0 radical (unpaired) electrons. The fraction of sp³-hybridized carbons (Fsp3) is 0.300. The molecule has 1 atom stereocenters. The number of hydrogen-bond acceptors (Lipinski definition) is 4. The van der Waals surface area contributed by atoms with Gasteiger partial charge in [-0.25, -0.2) is 13.8 Å². The topological polar surface area (TPSA) is 43.1 Å². The van der Waals surface area contributed by atoms with Crippen LogP contribution in [-0.2, 0) is 12.6 Å². The SMILES string of the molecule is O=C1CC(CCSc2ccc(C(F)(F)F)cn2)Cc2oc3cc(F)cc(F)c3c21. The second-order valence-corrected chi connectivity index (χ2v) is 7.99. The minimum atomic E-state index is -4.43. The van der Waals surface area contributed by atoms with Gasteiger partial charge < -0.3 is 4.42 Å². The lowest BCUT2D eigenvalue weighted by molar-refractivity contribution is -0.137. The number of carbonyl (C=O) groups excluding carboxylic acids is 1. The number of carbonyl (C=O) groups is 1. The molecule has 0 N–H and O–H groups in total. The van der Waals surface area contributed by atoms with Crippen molar-refractivity contribution in [1.82, 2.24) is 4.98 Å². The number of rotatable bonds is 4. The fourth-order valence-electron chi connectivity index (χ4n) is 3.50. The number of thioether (sulfide) groups is 1. The summed E-state index contributed by atoms with van der Waals surface area (Å²) in [5.74, 6) is -0.993. The van der Waals surface area contributed by atoms with Crippen molar-refractivity contribution in [3.05, 3.63) is 59.0 Å². The molecule has 0 amide bonds. The number of ketones is 1. The van der Waals surface area contributed by atoms with Gasteiger partial charge in [-0.3, -0.25) is 4.79 Å². The van der Waals surface area contributed by atoms with E-state index in [9.17, 15) is 26.7 Å². The van der Waals surface area contributed by atoms with Crippen molar-refractivity contribution in [2.24, 2.45) is 5.92 Å². The summed E-state index contributed by atoms with van der Waals surface area (Å²) in [7, 11) is 0. The lowest BCUT2D eigenvalue weighted by Gasteiger charge is -2.20. The Hall–Kier alpha value is -2.42. The van der Waals surface area contributed by atoms with Crippen molar-refractivity contribution in [2.45, 2.75) is 30.5 Å². The van der Waals surface area contributed by atoms with Crippen molar-refractivity contribution in [3.8, 4) is 0 Å². The second kappa shape index (κ2) is 7.44. The maximum atomic E-state index is 14.1. The van der Waals surface area contributed by atoms with Crippen LogP contribution in [0.2, 0.25) is 0 Å². The van der Waals surface area contributed by atoms with Gasteiger partial charge in [0, 0.05) is 31.2 Å². The zero-order valence-corrected chi connectivity index (χ0v) is 15.7. The molecule has 1 aromatic carbocycles. The van der Waals surface area contributed by atoms with E-state index in [1.54, 1.807) is 0 Å². The zero-order valence-electron chi connectivity index (χ0n) is 14.9. The highest BCUT2D eigenvalue weighted by molar-refractivity contribution is 7.99. The Balaban J connectivity index is 1.42.